The average molecular weight is 380 g/mol. The summed E-state index contributed by atoms with van der Waals surface area (Å²) in [6.07, 6.45) is -13.5. The molecule has 0 aromatic rings. The van der Waals surface area contributed by atoms with E-state index in [2.05, 4.69) is 0 Å². The van der Waals surface area contributed by atoms with Crippen molar-refractivity contribution in [2.24, 2.45) is 0 Å². The van der Waals surface area contributed by atoms with Gasteiger partial charge >= 0.3 is 18.3 Å². The maximum absolute atomic E-state index is 13.2. The third-order valence-electron chi connectivity index (χ3n) is 4.79. The van der Waals surface area contributed by atoms with E-state index >= 15 is 0 Å². The van der Waals surface area contributed by atoms with Crippen molar-refractivity contribution >= 4 is 5.97 Å². The molecule has 0 radical (unpaired) electrons. The van der Waals surface area contributed by atoms with E-state index in [1.807, 2.05) is 0 Å². The molecule has 0 aromatic heterocycles. The van der Waals surface area contributed by atoms with Crippen LogP contribution < -0.4 is 4.90 Å². The minimum absolute atomic E-state index is 0.00778. The number of halogens is 6. The van der Waals surface area contributed by atoms with Crippen molar-refractivity contribution in [3.05, 3.63) is 0 Å². The van der Waals surface area contributed by atoms with Crippen LogP contribution in [0.3, 0.4) is 0 Å². The number of rotatable bonds is 4. The van der Waals surface area contributed by atoms with Gasteiger partial charge in [0.15, 0.2) is 12.1 Å². The van der Waals surface area contributed by atoms with Crippen LogP contribution >= 0.6 is 0 Å². The number of carbonyl (C=O) groups excluding carboxylic acids is 1. The van der Waals surface area contributed by atoms with Crippen LogP contribution in [0.1, 0.15) is 25.7 Å². The topological polar surface area (TPSA) is 60.2 Å². The highest BCUT2D eigenvalue weighted by molar-refractivity contribution is 5.71. The molecule has 0 amide bonds. The van der Waals surface area contributed by atoms with Crippen LogP contribution in [0.4, 0.5) is 26.3 Å². The quantitative estimate of drug-likeness (QED) is 0.555. The molecular weight excluding hydrogens is 360 g/mol. The van der Waals surface area contributed by atoms with E-state index in [9.17, 15) is 36.2 Å². The maximum Gasteiger partial charge on any atom is 0.430 e. The first-order chi connectivity index (χ1) is 11.4. The third-order valence-corrected chi connectivity index (χ3v) is 4.79. The second kappa shape index (κ2) is 6.92. The largest absolute Gasteiger partial charge is 0.451 e. The molecule has 1 heterocycles. The van der Waals surface area contributed by atoms with E-state index < -0.39 is 42.4 Å². The molecule has 2 aliphatic rings. The standard InChI is InChI=1S/C14H19F6NO4/c15-13(16,17)12(23,14(18,19)20)11(3-1-2-4-11)25-10(22)9-21-5-7-24-8-6-21/h23H,1-9H2/p+1. The van der Waals surface area contributed by atoms with Crippen molar-refractivity contribution < 1.29 is 50.6 Å². The second-order valence-electron chi connectivity index (χ2n) is 6.42. The van der Waals surface area contributed by atoms with Gasteiger partial charge in [0.05, 0.1) is 13.2 Å². The fraction of sp³-hybridized carbons (Fsp3) is 0.929. The van der Waals surface area contributed by atoms with Gasteiger partial charge in [-0.25, -0.2) is 4.79 Å². The summed E-state index contributed by atoms with van der Waals surface area (Å²) in [5, 5.41) is 9.74. The highest BCUT2D eigenvalue weighted by Crippen LogP contribution is 2.56. The van der Waals surface area contributed by atoms with Crippen molar-refractivity contribution in [3.8, 4) is 0 Å². The number of alkyl halides is 6. The molecule has 2 fully saturated rings. The highest BCUT2D eigenvalue weighted by atomic mass is 19.4. The Labute approximate surface area is 139 Å². The molecule has 2 N–H and O–H groups in total. The summed E-state index contributed by atoms with van der Waals surface area (Å²) < 4.78 is 89.1. The predicted octanol–water partition coefficient (Wildman–Crippen LogP) is 0.613. The lowest BCUT2D eigenvalue weighted by Crippen LogP contribution is -3.15. The number of morpholine rings is 1. The molecule has 1 saturated carbocycles. The molecular formula is C14H20F6NO4+. The Morgan fingerprint density at radius 1 is 1.04 bits per heavy atom. The van der Waals surface area contributed by atoms with Crippen molar-refractivity contribution in [1.82, 2.24) is 0 Å². The first kappa shape index (κ1) is 20.2. The summed E-state index contributed by atoms with van der Waals surface area (Å²) in [7, 11) is 0. The van der Waals surface area contributed by atoms with Crippen LogP contribution in [0.25, 0.3) is 0 Å². The molecule has 0 atom stereocenters. The zero-order valence-corrected chi connectivity index (χ0v) is 13.3. The lowest BCUT2D eigenvalue weighted by molar-refractivity contribution is -0.900. The lowest BCUT2D eigenvalue weighted by atomic mass is 9.79. The summed E-state index contributed by atoms with van der Waals surface area (Å²) in [4.78, 5) is 12.7. The maximum atomic E-state index is 13.2. The Kier molecular flexibility index (Phi) is 5.60. The normalized spacial score (nSPS) is 22.8. The molecule has 0 bridgehead atoms. The number of ether oxygens (including phenoxy) is 2. The van der Waals surface area contributed by atoms with E-state index in [0.717, 1.165) is 0 Å². The minimum Gasteiger partial charge on any atom is -0.451 e. The smallest absolute Gasteiger partial charge is 0.430 e. The van der Waals surface area contributed by atoms with E-state index in [1.54, 1.807) is 0 Å². The molecule has 25 heavy (non-hydrogen) atoms. The zero-order chi connectivity index (χ0) is 18.9. The highest BCUT2D eigenvalue weighted by Gasteiger charge is 2.81. The molecule has 0 aromatic carbocycles. The minimum atomic E-state index is -6.03. The predicted molar refractivity (Wildman–Crippen MR) is 70.7 cm³/mol. The van der Waals surface area contributed by atoms with Crippen LogP contribution in [0.2, 0.25) is 0 Å². The van der Waals surface area contributed by atoms with Crippen molar-refractivity contribution in [2.75, 3.05) is 32.8 Å². The molecule has 2 rings (SSSR count). The first-order valence-corrected chi connectivity index (χ1v) is 7.92. The zero-order valence-electron chi connectivity index (χ0n) is 13.3. The summed E-state index contributed by atoms with van der Waals surface area (Å²) in [5.74, 6) is -1.19. The van der Waals surface area contributed by atoms with Gasteiger partial charge in [-0.15, -0.1) is 0 Å². The Hall–Kier alpha value is -1.07. The van der Waals surface area contributed by atoms with Crippen LogP contribution in [0, 0.1) is 0 Å². The molecule has 146 valence electrons. The van der Waals surface area contributed by atoms with Gasteiger partial charge in [0.2, 0.25) is 0 Å². The van der Waals surface area contributed by atoms with Gasteiger partial charge in [-0.05, 0) is 25.7 Å². The average Bonchev–Trinajstić information content (AvgIpc) is 2.94. The van der Waals surface area contributed by atoms with Crippen molar-refractivity contribution in [3.63, 3.8) is 0 Å². The van der Waals surface area contributed by atoms with Gasteiger partial charge in [-0.1, -0.05) is 0 Å². The molecule has 0 unspecified atom stereocenters. The fourth-order valence-corrected chi connectivity index (χ4v) is 3.46. The summed E-state index contributed by atoms with van der Waals surface area (Å²) in [6.45, 7) is 1.08. The second-order valence-corrected chi connectivity index (χ2v) is 6.42. The Morgan fingerprint density at radius 3 is 1.96 bits per heavy atom. The SMILES string of the molecule is O=C(C[NH+]1CCOCC1)OC1(C(O)(C(F)(F)F)C(F)(F)F)CCCC1. The van der Waals surface area contributed by atoms with E-state index in [4.69, 9.17) is 9.47 Å². The number of hydrogen-bond donors (Lipinski definition) is 2. The molecule has 5 nitrogen and oxygen atoms in total. The Bertz CT molecular complexity index is 467. The van der Waals surface area contributed by atoms with Crippen LogP contribution in [0.15, 0.2) is 0 Å². The van der Waals surface area contributed by atoms with Crippen LogP contribution in [-0.4, -0.2) is 67.5 Å². The Morgan fingerprint density at radius 2 is 1.52 bits per heavy atom. The van der Waals surface area contributed by atoms with Gasteiger partial charge in [0.25, 0.3) is 5.60 Å². The van der Waals surface area contributed by atoms with Gasteiger partial charge in [-0.2, -0.15) is 26.3 Å². The number of carbonyl (C=O) groups is 1. The van der Waals surface area contributed by atoms with Crippen molar-refractivity contribution in [1.29, 1.82) is 0 Å². The van der Waals surface area contributed by atoms with E-state index in [-0.39, 0.29) is 19.4 Å². The number of hydrogen-bond acceptors (Lipinski definition) is 4. The summed E-state index contributed by atoms with van der Waals surface area (Å²) >= 11 is 0. The summed E-state index contributed by atoms with van der Waals surface area (Å²) in [6, 6.07) is 0. The first-order valence-electron chi connectivity index (χ1n) is 7.92. The van der Waals surface area contributed by atoms with Crippen LogP contribution in [-0.2, 0) is 14.3 Å². The van der Waals surface area contributed by atoms with Gasteiger partial charge in [0, 0.05) is 0 Å². The Balaban J connectivity index is 2.25. The van der Waals surface area contributed by atoms with E-state index in [0.29, 0.717) is 31.2 Å². The molecule has 0 spiro atoms. The van der Waals surface area contributed by atoms with Gasteiger partial charge in [-0.3, -0.25) is 0 Å². The monoisotopic (exact) mass is 380 g/mol. The number of quaternary nitrogens is 1. The fourth-order valence-electron chi connectivity index (χ4n) is 3.46. The lowest BCUT2D eigenvalue weighted by Gasteiger charge is -2.45. The number of nitrogens with one attached hydrogen (secondary N) is 1. The number of esters is 1. The third kappa shape index (κ3) is 3.72. The molecule has 11 heteroatoms. The number of aliphatic hydroxyl groups is 1. The summed E-state index contributed by atoms with van der Waals surface area (Å²) in [5.41, 5.74) is -8.15. The van der Waals surface area contributed by atoms with Gasteiger partial charge in [0.1, 0.15) is 13.1 Å². The van der Waals surface area contributed by atoms with Gasteiger partial charge < -0.3 is 19.5 Å². The van der Waals surface area contributed by atoms with Crippen LogP contribution in [0.5, 0.6) is 0 Å². The molecule has 1 aliphatic heterocycles. The van der Waals surface area contributed by atoms with E-state index in [1.165, 1.54) is 0 Å². The molecule has 1 saturated heterocycles. The van der Waals surface area contributed by atoms with Crippen molar-refractivity contribution in [2.45, 2.75) is 49.2 Å². The molecule has 1 aliphatic carbocycles.